The Balaban J connectivity index is 0.000000315. The Bertz CT molecular complexity index is 443. The number of carboxylic acid groups (broad SMARTS) is 2. The average Bonchev–Trinajstić information content (AvgIpc) is 2.56. The Morgan fingerprint density at radius 1 is 1.24 bits per heavy atom. The maximum atomic E-state index is 9.10. The van der Waals surface area contributed by atoms with Crippen LogP contribution in [0.15, 0.2) is 0 Å². The third-order valence-electron chi connectivity index (χ3n) is 4.22. The van der Waals surface area contributed by atoms with Gasteiger partial charge < -0.3 is 10.2 Å². The van der Waals surface area contributed by atoms with E-state index in [1.807, 2.05) is 0 Å². The van der Waals surface area contributed by atoms with E-state index < -0.39 is 11.9 Å². The third-order valence-corrected chi connectivity index (χ3v) is 4.22. The fraction of sp³-hybridized carbons (Fsp3) is 0.800. The molecule has 1 aliphatic carbocycles. The minimum absolute atomic E-state index is 0.499. The van der Waals surface area contributed by atoms with E-state index in [0.29, 0.717) is 17.3 Å². The molecule has 118 valence electrons. The van der Waals surface area contributed by atoms with Crippen molar-refractivity contribution in [3.05, 3.63) is 0 Å². The Morgan fingerprint density at radius 2 is 1.81 bits per heavy atom. The maximum Gasteiger partial charge on any atom is 0.414 e. The molecule has 1 saturated carbocycles. The second-order valence-corrected chi connectivity index (χ2v) is 7.20. The molecule has 2 bridgehead atoms. The summed E-state index contributed by atoms with van der Waals surface area (Å²) in [6, 6.07) is 3.01. The first kappa shape index (κ1) is 17.4. The largest absolute Gasteiger partial charge is 0.473 e. The number of nitrogens with zero attached hydrogens (tertiary/aromatic N) is 2. The van der Waals surface area contributed by atoms with Crippen molar-refractivity contribution in [2.45, 2.75) is 52.5 Å². The smallest absolute Gasteiger partial charge is 0.414 e. The van der Waals surface area contributed by atoms with Crippen molar-refractivity contribution in [1.29, 1.82) is 5.26 Å². The monoisotopic (exact) mass is 296 g/mol. The maximum absolute atomic E-state index is 9.10. The van der Waals surface area contributed by atoms with Gasteiger partial charge in [-0.3, -0.25) is 4.90 Å². The zero-order valence-corrected chi connectivity index (χ0v) is 12.9. The van der Waals surface area contributed by atoms with Gasteiger partial charge in [0.05, 0.1) is 6.07 Å². The molecule has 0 spiro atoms. The molecule has 2 aliphatic rings. The Hall–Kier alpha value is -1.61. The highest BCUT2D eigenvalue weighted by molar-refractivity contribution is 6.27. The molecule has 2 unspecified atom stereocenters. The molecule has 1 saturated heterocycles. The molecular formula is C15H24N2O4. The normalized spacial score (nSPS) is 29.9. The van der Waals surface area contributed by atoms with Gasteiger partial charge in [-0.25, -0.2) is 9.59 Å². The van der Waals surface area contributed by atoms with Gasteiger partial charge in [-0.15, -0.1) is 0 Å². The average molecular weight is 296 g/mol. The highest BCUT2D eigenvalue weighted by Gasteiger charge is 2.49. The first-order valence-corrected chi connectivity index (χ1v) is 7.16. The summed E-state index contributed by atoms with van der Waals surface area (Å²) in [6.45, 7) is 9.40. The number of hydrogen-bond acceptors (Lipinski definition) is 4. The second kappa shape index (κ2) is 6.44. The highest BCUT2D eigenvalue weighted by atomic mass is 16.4. The van der Waals surface area contributed by atoms with Crippen LogP contribution < -0.4 is 0 Å². The van der Waals surface area contributed by atoms with Crippen LogP contribution in [0.25, 0.3) is 0 Å². The van der Waals surface area contributed by atoms with Crippen molar-refractivity contribution in [2.75, 3.05) is 13.1 Å². The minimum atomic E-state index is -1.82. The van der Waals surface area contributed by atoms with Crippen LogP contribution in [0.4, 0.5) is 0 Å². The molecule has 6 heteroatoms. The van der Waals surface area contributed by atoms with Gasteiger partial charge in [-0.2, -0.15) is 5.26 Å². The summed E-state index contributed by atoms with van der Waals surface area (Å²) < 4.78 is 0. The molecule has 2 rings (SSSR count). The number of fused-ring (bicyclic) bond motifs is 2. The van der Waals surface area contributed by atoms with Crippen molar-refractivity contribution in [1.82, 2.24) is 4.90 Å². The van der Waals surface area contributed by atoms with Gasteiger partial charge in [-0.05, 0) is 30.1 Å². The number of nitriles is 1. The van der Waals surface area contributed by atoms with Crippen molar-refractivity contribution < 1.29 is 19.8 Å². The third kappa shape index (κ3) is 5.01. The van der Waals surface area contributed by atoms with E-state index in [1.54, 1.807) is 0 Å². The summed E-state index contributed by atoms with van der Waals surface area (Å²) in [5, 5.41) is 23.4. The van der Waals surface area contributed by atoms with Crippen LogP contribution in [0.5, 0.6) is 0 Å². The van der Waals surface area contributed by atoms with E-state index in [2.05, 4.69) is 31.7 Å². The summed E-state index contributed by atoms with van der Waals surface area (Å²) in [4.78, 5) is 20.8. The van der Waals surface area contributed by atoms with Gasteiger partial charge in [0.15, 0.2) is 0 Å². The number of carboxylic acids is 2. The zero-order chi connectivity index (χ0) is 16.3. The van der Waals surface area contributed by atoms with Crippen molar-refractivity contribution >= 4 is 11.9 Å². The standard InChI is InChI=1S/C13H22N2.C2H2O4/c1-12(2)7-11-8-13(3,9-12)10-15(11)6-4-5-14;3-1(4)2(5)6/h11H,4,6-10H2,1-3H3;(H,3,4)(H,5,6). The first-order valence-electron chi connectivity index (χ1n) is 7.16. The van der Waals surface area contributed by atoms with Gasteiger partial charge in [0, 0.05) is 25.6 Å². The number of rotatable bonds is 2. The first-order chi connectivity index (χ1) is 9.58. The topological polar surface area (TPSA) is 102 Å². The van der Waals surface area contributed by atoms with Crippen molar-refractivity contribution in [2.24, 2.45) is 10.8 Å². The summed E-state index contributed by atoms with van der Waals surface area (Å²) in [7, 11) is 0. The molecule has 6 nitrogen and oxygen atoms in total. The Labute approximate surface area is 125 Å². The fourth-order valence-electron chi connectivity index (χ4n) is 4.03. The lowest BCUT2D eigenvalue weighted by molar-refractivity contribution is -0.159. The summed E-state index contributed by atoms with van der Waals surface area (Å²) in [6.07, 6.45) is 4.70. The van der Waals surface area contributed by atoms with Crippen LogP contribution in [0.1, 0.15) is 46.5 Å². The van der Waals surface area contributed by atoms with Crippen LogP contribution in [-0.2, 0) is 9.59 Å². The highest BCUT2D eigenvalue weighted by Crippen LogP contribution is 2.52. The molecule has 0 aromatic heterocycles. The van der Waals surface area contributed by atoms with E-state index in [0.717, 1.165) is 12.6 Å². The van der Waals surface area contributed by atoms with Crippen LogP contribution in [0.2, 0.25) is 0 Å². The van der Waals surface area contributed by atoms with Gasteiger partial charge in [0.25, 0.3) is 0 Å². The molecule has 21 heavy (non-hydrogen) atoms. The van der Waals surface area contributed by atoms with Gasteiger partial charge in [0.2, 0.25) is 0 Å². The van der Waals surface area contributed by atoms with Crippen LogP contribution in [0.3, 0.4) is 0 Å². The molecule has 1 aliphatic heterocycles. The molecule has 2 fully saturated rings. The second-order valence-electron chi connectivity index (χ2n) is 7.20. The van der Waals surface area contributed by atoms with Crippen LogP contribution >= 0.6 is 0 Å². The van der Waals surface area contributed by atoms with E-state index in [4.69, 9.17) is 25.1 Å². The predicted octanol–water partition coefficient (Wildman–Crippen LogP) is 1.96. The van der Waals surface area contributed by atoms with Crippen LogP contribution in [0, 0.1) is 22.2 Å². The molecule has 2 atom stereocenters. The van der Waals surface area contributed by atoms with Crippen LogP contribution in [-0.4, -0.2) is 46.2 Å². The number of hydrogen-bond donors (Lipinski definition) is 2. The van der Waals surface area contributed by atoms with E-state index in [1.165, 1.54) is 25.8 Å². The van der Waals surface area contributed by atoms with E-state index in [-0.39, 0.29) is 0 Å². The zero-order valence-electron chi connectivity index (χ0n) is 12.9. The number of carbonyl (C=O) groups is 2. The Kier molecular flexibility index (Phi) is 5.35. The van der Waals surface area contributed by atoms with Gasteiger partial charge in [0.1, 0.15) is 0 Å². The predicted molar refractivity (Wildman–Crippen MR) is 76.6 cm³/mol. The Morgan fingerprint density at radius 3 is 2.29 bits per heavy atom. The molecule has 2 N–H and O–H groups in total. The molecular weight excluding hydrogens is 272 g/mol. The minimum Gasteiger partial charge on any atom is -0.473 e. The van der Waals surface area contributed by atoms with E-state index in [9.17, 15) is 0 Å². The van der Waals surface area contributed by atoms with Crippen molar-refractivity contribution in [3.63, 3.8) is 0 Å². The molecule has 1 heterocycles. The lowest BCUT2D eigenvalue weighted by Gasteiger charge is -2.39. The summed E-state index contributed by atoms with van der Waals surface area (Å²) >= 11 is 0. The fourth-order valence-corrected chi connectivity index (χ4v) is 4.03. The summed E-state index contributed by atoms with van der Waals surface area (Å²) in [5.41, 5.74) is 1.01. The van der Waals surface area contributed by atoms with E-state index >= 15 is 0 Å². The SMILES string of the molecule is CC1(C)CC2CC(C)(CN2CCC#N)C1.O=C(O)C(=O)O. The molecule has 0 aromatic rings. The lowest BCUT2D eigenvalue weighted by atomic mass is 9.65. The van der Waals surface area contributed by atoms with Gasteiger partial charge in [-0.1, -0.05) is 20.8 Å². The lowest BCUT2D eigenvalue weighted by Crippen LogP contribution is -2.35. The quantitative estimate of drug-likeness (QED) is 0.755. The number of likely N-dealkylation sites (tertiary alicyclic amines) is 1. The van der Waals surface area contributed by atoms with Crippen molar-refractivity contribution in [3.8, 4) is 6.07 Å². The molecule has 0 amide bonds. The molecule has 0 radical (unpaired) electrons. The number of aliphatic carboxylic acids is 2. The van der Waals surface area contributed by atoms with Gasteiger partial charge >= 0.3 is 11.9 Å². The molecule has 0 aromatic carbocycles. The summed E-state index contributed by atoms with van der Waals surface area (Å²) in [5.74, 6) is -3.65.